The van der Waals surface area contributed by atoms with Gasteiger partial charge in [0.05, 0.1) is 6.10 Å². The Morgan fingerprint density at radius 3 is 3.10 bits per heavy atom. The van der Waals surface area contributed by atoms with E-state index in [4.69, 9.17) is 4.74 Å². The van der Waals surface area contributed by atoms with Crippen LogP contribution in [-0.2, 0) is 11.3 Å². The zero-order valence-corrected chi connectivity index (χ0v) is 12.8. The van der Waals surface area contributed by atoms with Crippen molar-refractivity contribution in [2.45, 2.75) is 45.3 Å². The minimum absolute atomic E-state index is 0.354. The number of nitrogens with zero attached hydrogens (tertiary/aromatic N) is 2. The standard InChI is InChI=1S/C16H27N3O/c1-3-9-17-12-14-7-6-10-18-16(14)19(2)13-15-8-4-5-11-20-15/h6-7,10,15,17H,3-5,8-9,11-13H2,1-2H3. The molecule has 0 radical (unpaired) electrons. The van der Waals surface area contributed by atoms with E-state index in [1.165, 1.54) is 24.8 Å². The number of pyridine rings is 1. The van der Waals surface area contributed by atoms with Gasteiger partial charge in [0.1, 0.15) is 5.82 Å². The second-order valence-corrected chi connectivity index (χ2v) is 5.53. The first-order valence-electron chi connectivity index (χ1n) is 7.78. The van der Waals surface area contributed by atoms with Crippen LogP contribution in [0.3, 0.4) is 0 Å². The third-order valence-electron chi connectivity index (χ3n) is 3.72. The van der Waals surface area contributed by atoms with Gasteiger partial charge in [-0.1, -0.05) is 13.0 Å². The molecule has 1 aromatic rings. The molecular weight excluding hydrogens is 250 g/mol. The number of rotatable bonds is 7. The molecule has 1 aliphatic rings. The third-order valence-corrected chi connectivity index (χ3v) is 3.72. The molecule has 20 heavy (non-hydrogen) atoms. The topological polar surface area (TPSA) is 37.4 Å². The molecule has 112 valence electrons. The van der Waals surface area contributed by atoms with Gasteiger partial charge >= 0.3 is 0 Å². The monoisotopic (exact) mass is 277 g/mol. The summed E-state index contributed by atoms with van der Waals surface area (Å²) in [7, 11) is 2.11. The fourth-order valence-electron chi connectivity index (χ4n) is 2.66. The summed E-state index contributed by atoms with van der Waals surface area (Å²) in [6, 6.07) is 4.17. The van der Waals surface area contributed by atoms with E-state index in [9.17, 15) is 0 Å². The molecule has 0 aromatic carbocycles. The molecule has 1 aliphatic heterocycles. The van der Waals surface area contributed by atoms with Crippen LogP contribution in [-0.4, -0.2) is 37.8 Å². The molecule has 1 fully saturated rings. The van der Waals surface area contributed by atoms with Gasteiger partial charge in [0.2, 0.25) is 0 Å². The van der Waals surface area contributed by atoms with E-state index < -0.39 is 0 Å². The van der Waals surface area contributed by atoms with E-state index in [1.54, 1.807) is 0 Å². The summed E-state index contributed by atoms with van der Waals surface area (Å²) in [5.41, 5.74) is 1.26. The smallest absolute Gasteiger partial charge is 0.132 e. The minimum atomic E-state index is 0.354. The predicted octanol–water partition coefficient (Wildman–Crippen LogP) is 2.59. The van der Waals surface area contributed by atoms with Crippen molar-refractivity contribution in [2.24, 2.45) is 0 Å². The largest absolute Gasteiger partial charge is 0.376 e. The molecule has 2 rings (SSSR count). The maximum Gasteiger partial charge on any atom is 0.132 e. The van der Waals surface area contributed by atoms with Crippen LogP contribution in [0.1, 0.15) is 38.2 Å². The Balaban J connectivity index is 1.95. The average molecular weight is 277 g/mol. The van der Waals surface area contributed by atoms with Crippen molar-refractivity contribution in [3.63, 3.8) is 0 Å². The van der Waals surface area contributed by atoms with E-state index >= 15 is 0 Å². The molecule has 1 saturated heterocycles. The Hall–Kier alpha value is -1.13. The van der Waals surface area contributed by atoms with E-state index in [-0.39, 0.29) is 0 Å². The van der Waals surface area contributed by atoms with Gasteiger partial charge in [-0.15, -0.1) is 0 Å². The Kier molecular flexibility index (Phi) is 6.27. The number of hydrogen-bond donors (Lipinski definition) is 1. The van der Waals surface area contributed by atoms with Gasteiger partial charge in [0, 0.05) is 38.5 Å². The van der Waals surface area contributed by atoms with E-state index in [1.807, 2.05) is 12.3 Å². The second kappa shape index (κ2) is 8.22. The fourth-order valence-corrected chi connectivity index (χ4v) is 2.66. The van der Waals surface area contributed by atoms with Crippen molar-refractivity contribution >= 4 is 5.82 Å². The van der Waals surface area contributed by atoms with Crippen LogP contribution in [0, 0.1) is 0 Å². The lowest BCUT2D eigenvalue weighted by Crippen LogP contribution is -2.34. The molecule has 4 nitrogen and oxygen atoms in total. The fraction of sp³-hybridized carbons (Fsp3) is 0.688. The molecule has 0 amide bonds. The molecule has 1 unspecified atom stereocenters. The highest BCUT2D eigenvalue weighted by Gasteiger charge is 2.17. The summed E-state index contributed by atoms with van der Waals surface area (Å²) in [5.74, 6) is 1.07. The van der Waals surface area contributed by atoms with Gasteiger partial charge in [-0.05, 0) is 38.3 Å². The lowest BCUT2D eigenvalue weighted by Gasteiger charge is -2.29. The highest BCUT2D eigenvalue weighted by molar-refractivity contribution is 5.46. The predicted molar refractivity (Wildman–Crippen MR) is 83.1 cm³/mol. The number of ether oxygens (including phenoxy) is 1. The number of likely N-dealkylation sites (N-methyl/N-ethyl adjacent to an activating group) is 1. The van der Waals surface area contributed by atoms with Crippen molar-refractivity contribution in [1.82, 2.24) is 10.3 Å². The van der Waals surface area contributed by atoms with Crippen LogP contribution in [0.2, 0.25) is 0 Å². The van der Waals surface area contributed by atoms with E-state index in [0.29, 0.717) is 6.10 Å². The van der Waals surface area contributed by atoms with Crippen molar-refractivity contribution in [2.75, 3.05) is 31.6 Å². The zero-order valence-electron chi connectivity index (χ0n) is 12.8. The Bertz CT molecular complexity index is 391. The van der Waals surface area contributed by atoms with Gasteiger partial charge in [0.15, 0.2) is 0 Å². The maximum atomic E-state index is 5.82. The van der Waals surface area contributed by atoms with Crippen molar-refractivity contribution in [1.29, 1.82) is 0 Å². The second-order valence-electron chi connectivity index (χ2n) is 5.53. The lowest BCUT2D eigenvalue weighted by molar-refractivity contribution is 0.0215. The van der Waals surface area contributed by atoms with Gasteiger partial charge in [-0.25, -0.2) is 4.98 Å². The summed E-state index contributed by atoms with van der Waals surface area (Å²) in [4.78, 5) is 6.79. The molecule has 2 heterocycles. The number of anilines is 1. The highest BCUT2D eigenvalue weighted by atomic mass is 16.5. The Morgan fingerprint density at radius 2 is 2.35 bits per heavy atom. The molecular formula is C16H27N3O. The molecule has 0 bridgehead atoms. The van der Waals surface area contributed by atoms with Crippen LogP contribution in [0.25, 0.3) is 0 Å². The lowest BCUT2D eigenvalue weighted by atomic mass is 10.1. The van der Waals surface area contributed by atoms with Crippen LogP contribution in [0.15, 0.2) is 18.3 Å². The quantitative estimate of drug-likeness (QED) is 0.777. The first-order chi connectivity index (χ1) is 9.81. The highest BCUT2D eigenvalue weighted by Crippen LogP contribution is 2.19. The van der Waals surface area contributed by atoms with Gasteiger partial charge in [-0.2, -0.15) is 0 Å². The summed E-state index contributed by atoms with van der Waals surface area (Å²) >= 11 is 0. The van der Waals surface area contributed by atoms with Crippen LogP contribution >= 0.6 is 0 Å². The summed E-state index contributed by atoms with van der Waals surface area (Å²) in [5, 5.41) is 3.45. The first-order valence-corrected chi connectivity index (χ1v) is 7.78. The summed E-state index contributed by atoms with van der Waals surface area (Å²) in [6.45, 7) is 5.95. The first kappa shape index (κ1) is 15.3. The van der Waals surface area contributed by atoms with Crippen LogP contribution in [0.5, 0.6) is 0 Å². The Labute approximate surface area is 122 Å². The number of nitrogens with one attached hydrogen (secondary N) is 1. The van der Waals surface area contributed by atoms with Gasteiger partial charge in [0.25, 0.3) is 0 Å². The van der Waals surface area contributed by atoms with Crippen molar-refractivity contribution < 1.29 is 4.74 Å². The normalized spacial score (nSPS) is 19.0. The van der Waals surface area contributed by atoms with E-state index in [2.05, 4.69) is 35.2 Å². The third kappa shape index (κ3) is 4.46. The molecule has 1 atom stereocenters. The van der Waals surface area contributed by atoms with Crippen LogP contribution in [0.4, 0.5) is 5.82 Å². The molecule has 0 saturated carbocycles. The molecule has 1 aromatic heterocycles. The van der Waals surface area contributed by atoms with Crippen molar-refractivity contribution in [3.05, 3.63) is 23.9 Å². The molecule has 4 heteroatoms. The minimum Gasteiger partial charge on any atom is -0.376 e. The molecule has 0 spiro atoms. The van der Waals surface area contributed by atoms with Crippen molar-refractivity contribution in [3.8, 4) is 0 Å². The van der Waals surface area contributed by atoms with Gasteiger partial charge in [-0.3, -0.25) is 0 Å². The SMILES string of the molecule is CCCNCc1cccnc1N(C)CC1CCCCO1. The van der Waals surface area contributed by atoms with Crippen LogP contribution < -0.4 is 10.2 Å². The Morgan fingerprint density at radius 1 is 1.45 bits per heavy atom. The van der Waals surface area contributed by atoms with Gasteiger partial charge < -0.3 is 15.0 Å². The summed E-state index contributed by atoms with van der Waals surface area (Å²) < 4.78 is 5.82. The van der Waals surface area contributed by atoms with E-state index in [0.717, 1.165) is 38.5 Å². The average Bonchev–Trinajstić information content (AvgIpc) is 2.49. The number of hydrogen-bond acceptors (Lipinski definition) is 4. The summed E-state index contributed by atoms with van der Waals surface area (Å²) in [6.07, 6.45) is 7.03. The molecule has 0 aliphatic carbocycles. The molecule has 1 N–H and O–H groups in total. The zero-order chi connectivity index (χ0) is 14.2. The number of aromatic nitrogens is 1. The maximum absolute atomic E-state index is 5.82.